The van der Waals surface area contributed by atoms with Gasteiger partial charge in [0.2, 0.25) is 5.88 Å². The van der Waals surface area contributed by atoms with E-state index in [1.807, 2.05) is 35.4 Å². The number of hydrogen-bond donors (Lipinski definition) is 3. The normalized spacial score (nSPS) is 24.8. The van der Waals surface area contributed by atoms with Crippen LogP contribution < -0.4 is 29.3 Å². The molecule has 7 aliphatic rings. The Morgan fingerprint density at radius 1 is 0.913 bits per heavy atom. The largest absolute Gasteiger partial charge is 0.491 e. The molecule has 362 valence electrons. The number of nitro benzene ring substituents is 1. The highest BCUT2D eigenvalue weighted by Crippen LogP contribution is 2.56. The fourth-order valence-electron chi connectivity index (χ4n) is 12.5. The van der Waals surface area contributed by atoms with Crippen molar-refractivity contribution in [2.75, 3.05) is 74.3 Å². The third-order valence-electron chi connectivity index (χ3n) is 16.3. The number of aromatic nitrogens is 2. The fraction of sp³-hybridized carbons (Fsp3) is 0.490. The molecule has 5 aromatic rings. The summed E-state index contributed by atoms with van der Waals surface area (Å²) in [6, 6.07) is 21.9. The van der Waals surface area contributed by atoms with E-state index in [-0.39, 0.29) is 34.2 Å². The topological polar surface area (TPSA) is 194 Å². The predicted octanol–water partition coefficient (Wildman–Crippen LogP) is 7.64. The van der Waals surface area contributed by atoms with Gasteiger partial charge in [-0.15, -0.1) is 0 Å². The lowest BCUT2D eigenvalue weighted by molar-refractivity contribution is -0.384. The third-order valence-corrected chi connectivity index (χ3v) is 17.6. The number of H-pyrrole nitrogens is 1. The van der Waals surface area contributed by atoms with Gasteiger partial charge < -0.3 is 39.0 Å². The van der Waals surface area contributed by atoms with Crippen LogP contribution in [0.5, 0.6) is 11.6 Å². The number of benzene rings is 3. The van der Waals surface area contributed by atoms with Gasteiger partial charge in [-0.25, -0.2) is 13.1 Å². The second-order valence-corrected chi connectivity index (χ2v) is 21.9. The molecule has 18 heteroatoms. The van der Waals surface area contributed by atoms with E-state index in [1.54, 1.807) is 6.07 Å². The van der Waals surface area contributed by atoms with Gasteiger partial charge in [0, 0.05) is 67.8 Å². The van der Waals surface area contributed by atoms with E-state index in [2.05, 4.69) is 49.1 Å². The first-order valence-electron chi connectivity index (χ1n) is 24.6. The van der Waals surface area contributed by atoms with Gasteiger partial charge in [-0.05, 0) is 118 Å². The maximum Gasteiger partial charge on any atom is 0.293 e. The summed E-state index contributed by atoms with van der Waals surface area (Å²) in [5.41, 5.74) is 4.14. The number of para-hydroxylation sites is 1. The maximum absolute atomic E-state index is 14.6. The zero-order chi connectivity index (χ0) is 46.9. The summed E-state index contributed by atoms with van der Waals surface area (Å²) in [7, 11) is -4.59. The summed E-state index contributed by atoms with van der Waals surface area (Å²) in [5.74, 6) is 0.803. The van der Waals surface area contributed by atoms with Crippen molar-refractivity contribution in [2.45, 2.75) is 92.8 Å². The van der Waals surface area contributed by atoms with E-state index in [9.17, 15) is 23.3 Å². The first kappa shape index (κ1) is 44.3. The number of hydrogen-bond acceptors (Lipinski definition) is 14. The molecule has 3 aromatic carbocycles. The monoisotopic (exact) mass is 958 g/mol. The van der Waals surface area contributed by atoms with Crippen molar-refractivity contribution in [1.29, 1.82) is 0 Å². The minimum absolute atomic E-state index is 0.0572. The highest BCUT2D eigenvalue weighted by atomic mass is 32.2. The van der Waals surface area contributed by atoms with Crippen LogP contribution in [0.2, 0.25) is 0 Å². The number of amides is 1. The molecule has 3 N–H and O–H groups in total. The summed E-state index contributed by atoms with van der Waals surface area (Å²) in [4.78, 5) is 41.1. The highest BCUT2D eigenvalue weighted by Gasteiger charge is 2.55. The molecule has 3 atom stereocenters. The molecule has 8 heterocycles. The van der Waals surface area contributed by atoms with Gasteiger partial charge in [0.05, 0.1) is 45.9 Å². The Labute approximate surface area is 401 Å². The number of carbonyl (C=O) groups excluding carboxylic acids is 1. The van der Waals surface area contributed by atoms with Crippen LogP contribution in [0.3, 0.4) is 0 Å². The zero-order valence-electron chi connectivity index (χ0n) is 38.6. The molecule has 2 spiro atoms. The predicted molar refractivity (Wildman–Crippen MR) is 259 cm³/mol. The van der Waals surface area contributed by atoms with Crippen molar-refractivity contribution in [1.82, 2.24) is 19.6 Å². The van der Waals surface area contributed by atoms with E-state index in [1.165, 1.54) is 37.0 Å². The molecule has 69 heavy (non-hydrogen) atoms. The molecular weight excluding hydrogens is 901 g/mol. The van der Waals surface area contributed by atoms with Crippen molar-refractivity contribution in [3.63, 3.8) is 0 Å². The molecule has 12 rings (SSSR count). The summed E-state index contributed by atoms with van der Waals surface area (Å²) in [5, 5.41) is 16.3. The summed E-state index contributed by atoms with van der Waals surface area (Å²) >= 11 is 0. The van der Waals surface area contributed by atoms with Crippen LogP contribution in [-0.2, 0) is 25.0 Å². The average molecular weight is 959 g/mol. The third kappa shape index (κ3) is 7.92. The molecule has 5 fully saturated rings. The molecule has 17 nitrogen and oxygen atoms in total. The van der Waals surface area contributed by atoms with Gasteiger partial charge in [0.25, 0.3) is 21.6 Å². The van der Waals surface area contributed by atoms with Gasteiger partial charge >= 0.3 is 0 Å². The van der Waals surface area contributed by atoms with Crippen molar-refractivity contribution in [2.24, 2.45) is 11.3 Å². The maximum atomic E-state index is 14.6. The van der Waals surface area contributed by atoms with Crippen LogP contribution >= 0.6 is 0 Å². The van der Waals surface area contributed by atoms with Crippen molar-refractivity contribution < 1.29 is 37.1 Å². The number of pyridine rings is 1. The van der Waals surface area contributed by atoms with E-state index in [0.717, 1.165) is 94.1 Å². The number of carbonyl (C=O) groups is 1. The van der Waals surface area contributed by atoms with Crippen molar-refractivity contribution in [3.8, 4) is 11.6 Å². The molecular formula is C51H58N8O9S. The minimum atomic E-state index is -4.59. The van der Waals surface area contributed by atoms with Gasteiger partial charge in [-0.1, -0.05) is 31.0 Å². The number of sulfonamides is 1. The molecule has 4 saturated heterocycles. The Morgan fingerprint density at radius 3 is 2.59 bits per heavy atom. The van der Waals surface area contributed by atoms with Gasteiger partial charge in [0.15, 0.2) is 0 Å². The highest BCUT2D eigenvalue weighted by molar-refractivity contribution is 7.90. The Morgan fingerprint density at radius 2 is 1.75 bits per heavy atom. The van der Waals surface area contributed by atoms with E-state index >= 15 is 0 Å². The van der Waals surface area contributed by atoms with Crippen molar-refractivity contribution in [3.05, 3.63) is 100 Å². The molecule has 1 aliphatic carbocycles. The minimum Gasteiger partial charge on any atom is -0.491 e. The second-order valence-electron chi connectivity index (χ2n) is 20.2. The van der Waals surface area contributed by atoms with E-state index < -0.39 is 37.5 Å². The lowest BCUT2D eigenvalue weighted by Crippen LogP contribution is -2.61. The lowest BCUT2D eigenvalue weighted by atomic mass is 9.59. The van der Waals surface area contributed by atoms with Gasteiger partial charge in [-0.2, -0.15) is 4.98 Å². The molecule has 6 aliphatic heterocycles. The number of nitrogens with zero attached hydrogens (tertiary/aromatic N) is 5. The number of piperidine rings is 1. The Hall–Kier alpha value is -5.95. The number of likely N-dealkylation sites (tertiary alicyclic amines) is 1. The lowest BCUT2D eigenvalue weighted by Gasteiger charge is -2.58. The van der Waals surface area contributed by atoms with E-state index in [4.69, 9.17) is 23.9 Å². The molecule has 1 saturated carbocycles. The van der Waals surface area contributed by atoms with Crippen LogP contribution in [0.4, 0.5) is 28.4 Å². The second kappa shape index (κ2) is 17.5. The van der Waals surface area contributed by atoms with E-state index in [0.29, 0.717) is 61.9 Å². The Kier molecular flexibility index (Phi) is 11.2. The molecule has 0 bridgehead atoms. The van der Waals surface area contributed by atoms with Crippen molar-refractivity contribution >= 4 is 55.4 Å². The molecule has 2 aromatic heterocycles. The average Bonchev–Trinajstić information content (AvgIpc) is 4.08. The molecule has 0 radical (unpaired) electrons. The number of aromatic amines is 1. The Balaban J connectivity index is 0.826. The first-order chi connectivity index (χ1) is 33.6. The summed E-state index contributed by atoms with van der Waals surface area (Å²) in [6.45, 7) is 5.85. The first-order valence-corrected chi connectivity index (χ1v) is 26.1. The van der Waals surface area contributed by atoms with Gasteiger partial charge in [0.1, 0.15) is 35.5 Å². The quantitative estimate of drug-likeness (QED) is 0.0913. The number of anilines is 4. The zero-order valence-corrected chi connectivity index (χ0v) is 39.4. The molecule has 0 unspecified atom stereocenters. The van der Waals surface area contributed by atoms with Crippen LogP contribution in [0.15, 0.2) is 83.9 Å². The van der Waals surface area contributed by atoms with Crippen LogP contribution in [0, 0.1) is 21.4 Å². The fourth-order valence-corrected chi connectivity index (χ4v) is 13.5. The summed E-state index contributed by atoms with van der Waals surface area (Å²) < 4.78 is 54.7. The van der Waals surface area contributed by atoms with Crippen LogP contribution in [0.25, 0.3) is 11.0 Å². The number of rotatable bonds is 10. The Bertz CT molecular complexity index is 2910. The number of nitrogens with one attached hydrogen (secondary N) is 3. The SMILES string of the molecule is O=C(NS(=O)(=O)c1ccc(NCC2CCOCC2)c([N+](=O)[O-])c1)c1ccc(N2CCC3(CC2)CC(N2CCCCC[C@]24COc2ccccc24)C3)cc1N1c2cc3cc[nH]c3nc2O[C@@H]2COC[C@H]21. The summed E-state index contributed by atoms with van der Waals surface area (Å²) in [6.07, 6.45) is 12.3. The van der Waals surface area contributed by atoms with Crippen LogP contribution in [0.1, 0.15) is 80.1 Å². The smallest absolute Gasteiger partial charge is 0.293 e. The number of ether oxygens (including phenoxy) is 4. The van der Waals surface area contributed by atoms with Gasteiger partial charge in [-0.3, -0.25) is 19.8 Å². The number of fused-ring (bicyclic) bond motifs is 5. The number of nitro groups is 1. The standard InChI is InChI=1S/C51H58N8O9S/c60-48(55-69(63,64)37-9-11-40(42(26-37)59(61)62)53-29-33-13-22-65-23-14-33)38-10-8-35(25-41(38)58-43-24-34-12-18-52-47(34)54-49(43)68-46-31-66-30-44(46)58)56-20-16-50(17-21-56)27-36(28-50)57-19-5-1-4-15-51(57)32-67-45-7-3-2-6-39(45)51/h2-3,6-12,18,24-26,33,36,44,46,53H,1,4-5,13-17,19-23,27-32H2,(H,52,54)(H,55,60)/t44-,46-,51-/m1/s1. The molecule has 1 amide bonds. The van der Waals surface area contributed by atoms with Crippen LogP contribution in [-0.4, -0.2) is 112 Å².